The number of nitrogens with two attached hydrogens (primary N) is 2. The molecule has 0 aliphatic rings. The normalized spacial score (nSPS) is 14.9. The fourth-order valence-corrected chi connectivity index (χ4v) is 4.05. The van der Waals surface area contributed by atoms with E-state index < -0.39 is 66.4 Å². The lowest BCUT2D eigenvalue weighted by atomic mass is 10.0. The maximum atomic E-state index is 13.3. The van der Waals surface area contributed by atoms with Gasteiger partial charge in [0.1, 0.15) is 24.2 Å². The van der Waals surface area contributed by atoms with Crippen molar-refractivity contribution >= 4 is 40.6 Å². The van der Waals surface area contributed by atoms with Gasteiger partial charge in [0.25, 0.3) is 0 Å². The molecule has 40 heavy (non-hydrogen) atoms. The van der Waals surface area contributed by atoms with Crippen molar-refractivity contribution < 1.29 is 39.3 Å². The fourth-order valence-electron chi connectivity index (χ4n) is 4.05. The van der Waals surface area contributed by atoms with Crippen molar-refractivity contribution in [3.8, 4) is 0 Å². The number of hydrogen-bond donors (Lipinski definition) is 9. The van der Waals surface area contributed by atoms with E-state index >= 15 is 0 Å². The molecule has 2 rings (SSSR count). The molecule has 0 radical (unpaired) electrons. The van der Waals surface area contributed by atoms with Gasteiger partial charge in [-0.1, -0.05) is 18.2 Å². The van der Waals surface area contributed by atoms with Crippen LogP contribution in [0, 0.1) is 0 Å². The first-order valence-electron chi connectivity index (χ1n) is 13.0. The van der Waals surface area contributed by atoms with Gasteiger partial charge in [-0.2, -0.15) is 0 Å². The average molecular weight is 563 g/mol. The van der Waals surface area contributed by atoms with Gasteiger partial charge in [-0.15, -0.1) is 0 Å². The van der Waals surface area contributed by atoms with Crippen LogP contribution in [-0.2, 0) is 30.4 Å². The molecule has 0 saturated heterocycles. The second-order valence-electron chi connectivity index (χ2n) is 9.57. The highest BCUT2D eigenvalue weighted by Gasteiger charge is 2.31. The summed E-state index contributed by atoms with van der Waals surface area (Å²) in [5.41, 5.74) is 12.6. The number of carbonyl (C=O) groups excluding carboxylic acids is 3. The van der Waals surface area contributed by atoms with Crippen molar-refractivity contribution in [2.45, 2.75) is 75.7 Å². The zero-order valence-corrected chi connectivity index (χ0v) is 22.3. The van der Waals surface area contributed by atoms with E-state index in [0.717, 1.165) is 10.9 Å². The van der Waals surface area contributed by atoms with Gasteiger partial charge in [0, 0.05) is 29.9 Å². The largest absolute Gasteiger partial charge is 0.481 e. The van der Waals surface area contributed by atoms with E-state index in [1.54, 1.807) is 12.3 Å². The second kappa shape index (κ2) is 15.5. The number of carboxylic acid groups (broad SMARTS) is 2. The molecule has 14 heteroatoms. The first-order valence-corrected chi connectivity index (χ1v) is 13.0. The maximum Gasteiger partial charge on any atom is 0.326 e. The molecule has 11 N–H and O–H groups in total. The summed E-state index contributed by atoms with van der Waals surface area (Å²) in [4.78, 5) is 65.1. The molecule has 0 aliphatic carbocycles. The molecule has 220 valence electrons. The van der Waals surface area contributed by atoms with Crippen LogP contribution in [0.2, 0.25) is 0 Å². The second-order valence-corrected chi connectivity index (χ2v) is 9.57. The van der Waals surface area contributed by atoms with Crippen LogP contribution in [0.4, 0.5) is 0 Å². The van der Waals surface area contributed by atoms with Gasteiger partial charge in [0.15, 0.2) is 0 Å². The quantitative estimate of drug-likeness (QED) is 0.106. The Bertz CT molecular complexity index is 1180. The molecule has 1 aromatic heterocycles. The summed E-state index contributed by atoms with van der Waals surface area (Å²) in [5, 5.41) is 36.5. The van der Waals surface area contributed by atoms with Crippen LogP contribution in [0.5, 0.6) is 0 Å². The summed E-state index contributed by atoms with van der Waals surface area (Å²) in [7, 11) is 0. The van der Waals surface area contributed by atoms with Crippen LogP contribution >= 0.6 is 0 Å². The minimum atomic E-state index is -1.40. The first-order chi connectivity index (χ1) is 18.9. The van der Waals surface area contributed by atoms with Crippen molar-refractivity contribution in [3.63, 3.8) is 0 Å². The topological polar surface area (TPSA) is 250 Å². The molecule has 0 bridgehead atoms. The summed E-state index contributed by atoms with van der Waals surface area (Å²) in [5.74, 6) is -5.00. The molecule has 0 saturated carbocycles. The van der Waals surface area contributed by atoms with Gasteiger partial charge in [-0.25, -0.2) is 4.79 Å². The molecule has 0 aliphatic heterocycles. The fraction of sp³-hybridized carbons (Fsp3) is 0.500. The SMILES string of the molecule is CC(O)C(N)C(=O)NC(CCC(=O)O)C(=O)NC(Cc1c[nH]c2ccccc12)C(=O)NC(CCCCN)C(=O)O. The summed E-state index contributed by atoms with van der Waals surface area (Å²) < 4.78 is 0. The number of para-hydroxylation sites is 1. The van der Waals surface area contributed by atoms with Crippen LogP contribution in [0.25, 0.3) is 10.9 Å². The summed E-state index contributed by atoms with van der Waals surface area (Å²) in [6.45, 7) is 1.65. The van der Waals surface area contributed by atoms with Crippen molar-refractivity contribution in [2.24, 2.45) is 11.5 Å². The van der Waals surface area contributed by atoms with Gasteiger partial charge >= 0.3 is 11.9 Å². The molecule has 1 aromatic carbocycles. The Kier molecular flexibility index (Phi) is 12.5. The number of aliphatic carboxylic acids is 2. The summed E-state index contributed by atoms with van der Waals surface area (Å²) >= 11 is 0. The first kappa shape index (κ1) is 32.2. The Morgan fingerprint density at radius 1 is 0.900 bits per heavy atom. The highest BCUT2D eigenvalue weighted by atomic mass is 16.4. The molecule has 2 aromatic rings. The van der Waals surface area contributed by atoms with E-state index in [1.807, 2.05) is 18.2 Å². The third-order valence-electron chi connectivity index (χ3n) is 6.40. The third kappa shape index (κ3) is 9.63. The Labute approximate surface area is 230 Å². The number of carboxylic acids is 2. The standard InChI is InChI=1S/C26H38N6O8/c1-14(33)22(28)25(38)30-18(9-10-21(34)35)23(36)32-20(12-15-13-29-17-7-3-2-6-16(15)17)24(37)31-19(26(39)40)8-4-5-11-27/h2-3,6-7,13-14,18-20,22,29,33H,4-5,8-12,27-28H2,1H3,(H,30,38)(H,31,37)(H,32,36)(H,34,35)(H,39,40). The van der Waals surface area contributed by atoms with E-state index in [1.165, 1.54) is 6.92 Å². The number of hydrogen-bond acceptors (Lipinski definition) is 8. The molecule has 5 unspecified atom stereocenters. The molecule has 5 atom stereocenters. The average Bonchev–Trinajstić information content (AvgIpc) is 3.31. The Hall–Kier alpha value is -4.01. The molecule has 1 heterocycles. The number of aromatic nitrogens is 1. The van der Waals surface area contributed by atoms with Crippen LogP contribution < -0.4 is 27.4 Å². The van der Waals surface area contributed by atoms with E-state index in [0.29, 0.717) is 24.9 Å². The molecule has 14 nitrogen and oxygen atoms in total. The third-order valence-corrected chi connectivity index (χ3v) is 6.40. The lowest BCUT2D eigenvalue weighted by Gasteiger charge is -2.25. The van der Waals surface area contributed by atoms with Gasteiger partial charge < -0.3 is 47.7 Å². The zero-order valence-electron chi connectivity index (χ0n) is 22.3. The van der Waals surface area contributed by atoms with Gasteiger partial charge in [0.05, 0.1) is 6.10 Å². The molecular weight excluding hydrogens is 524 g/mol. The van der Waals surface area contributed by atoms with Crippen molar-refractivity contribution in [1.29, 1.82) is 0 Å². The molecule has 3 amide bonds. The van der Waals surface area contributed by atoms with Gasteiger partial charge in [-0.3, -0.25) is 19.2 Å². The van der Waals surface area contributed by atoms with Crippen molar-refractivity contribution in [3.05, 3.63) is 36.0 Å². The number of aromatic amines is 1. The number of nitrogens with one attached hydrogen (secondary N) is 4. The van der Waals surface area contributed by atoms with Crippen LogP contribution in [0.15, 0.2) is 30.5 Å². The van der Waals surface area contributed by atoms with Gasteiger partial charge in [0.2, 0.25) is 17.7 Å². The smallest absolute Gasteiger partial charge is 0.326 e. The number of fused-ring (bicyclic) bond motifs is 1. The predicted octanol–water partition coefficient (Wildman–Crippen LogP) is -1.05. The number of unbranched alkanes of at least 4 members (excludes halogenated alkanes) is 1. The number of aliphatic hydroxyl groups excluding tert-OH is 1. The number of carbonyl (C=O) groups is 5. The molecular formula is C26H38N6O8. The van der Waals surface area contributed by atoms with E-state index in [2.05, 4.69) is 20.9 Å². The number of aliphatic hydroxyl groups is 1. The Morgan fingerprint density at radius 2 is 1.52 bits per heavy atom. The summed E-state index contributed by atoms with van der Waals surface area (Å²) in [6, 6.07) is 1.98. The Balaban J connectivity index is 2.32. The highest BCUT2D eigenvalue weighted by molar-refractivity contribution is 5.95. The van der Waals surface area contributed by atoms with Crippen LogP contribution in [0.1, 0.15) is 44.6 Å². The van der Waals surface area contributed by atoms with Gasteiger partial charge in [-0.05, 0) is 50.8 Å². The predicted molar refractivity (Wildman–Crippen MR) is 145 cm³/mol. The van der Waals surface area contributed by atoms with Crippen LogP contribution in [-0.4, -0.2) is 86.8 Å². The zero-order chi connectivity index (χ0) is 29.8. The minimum absolute atomic E-state index is 0.0382. The molecule has 0 spiro atoms. The maximum absolute atomic E-state index is 13.3. The lowest BCUT2D eigenvalue weighted by molar-refractivity contribution is -0.142. The number of benzene rings is 1. The van der Waals surface area contributed by atoms with Crippen molar-refractivity contribution in [1.82, 2.24) is 20.9 Å². The monoisotopic (exact) mass is 562 g/mol. The van der Waals surface area contributed by atoms with Crippen LogP contribution in [0.3, 0.4) is 0 Å². The van der Waals surface area contributed by atoms with E-state index in [9.17, 15) is 34.2 Å². The Morgan fingerprint density at radius 3 is 2.15 bits per heavy atom. The number of H-pyrrole nitrogens is 1. The van der Waals surface area contributed by atoms with Crippen molar-refractivity contribution in [2.75, 3.05) is 6.54 Å². The summed E-state index contributed by atoms with van der Waals surface area (Å²) in [6.07, 6.45) is 0.731. The molecule has 0 fully saturated rings. The minimum Gasteiger partial charge on any atom is -0.481 e. The number of amides is 3. The van der Waals surface area contributed by atoms with E-state index in [-0.39, 0.29) is 19.3 Å². The lowest BCUT2D eigenvalue weighted by Crippen LogP contribution is -2.58. The highest BCUT2D eigenvalue weighted by Crippen LogP contribution is 2.19. The number of rotatable bonds is 17. The van der Waals surface area contributed by atoms with E-state index in [4.69, 9.17) is 16.6 Å².